The number of anilines is 2. The molecule has 2 unspecified atom stereocenters. The van der Waals surface area contributed by atoms with Gasteiger partial charge in [-0.15, -0.1) is 0 Å². The Hall–Kier alpha value is -1.17. The third-order valence-corrected chi connectivity index (χ3v) is 4.41. The van der Waals surface area contributed by atoms with Gasteiger partial charge in [0.05, 0.1) is 0 Å². The monoisotopic (exact) mass is 298 g/mol. The normalized spacial score (nSPS) is 14.1. The van der Waals surface area contributed by atoms with Crippen molar-refractivity contribution < 1.29 is 4.21 Å². The molecule has 20 heavy (non-hydrogen) atoms. The smallest absolute Gasteiger partial charge is 0.135 e. The van der Waals surface area contributed by atoms with Crippen LogP contribution in [0.4, 0.5) is 11.6 Å². The van der Waals surface area contributed by atoms with E-state index < -0.39 is 10.8 Å². The molecule has 6 heteroatoms. The Kier molecular flexibility index (Phi) is 6.91. The summed E-state index contributed by atoms with van der Waals surface area (Å²) >= 11 is 0. The molecule has 0 aromatic carbocycles. The third-order valence-electron chi connectivity index (χ3n) is 3.04. The van der Waals surface area contributed by atoms with E-state index in [4.69, 9.17) is 0 Å². The van der Waals surface area contributed by atoms with Gasteiger partial charge >= 0.3 is 0 Å². The van der Waals surface area contributed by atoms with Crippen LogP contribution < -0.4 is 10.6 Å². The van der Waals surface area contributed by atoms with Gasteiger partial charge in [-0.3, -0.25) is 4.21 Å². The summed E-state index contributed by atoms with van der Waals surface area (Å²) < 4.78 is 11.3. The van der Waals surface area contributed by atoms with Gasteiger partial charge in [0.25, 0.3) is 0 Å². The van der Waals surface area contributed by atoms with Crippen molar-refractivity contribution in [1.82, 2.24) is 9.97 Å². The molecular weight excluding hydrogens is 272 g/mol. The van der Waals surface area contributed by atoms with E-state index in [0.29, 0.717) is 0 Å². The second-order valence-electron chi connectivity index (χ2n) is 5.21. The van der Waals surface area contributed by atoms with Crippen molar-refractivity contribution in [2.24, 2.45) is 0 Å². The Balaban J connectivity index is 2.70. The fourth-order valence-corrected chi connectivity index (χ4v) is 2.11. The fourth-order valence-electron chi connectivity index (χ4n) is 1.66. The molecule has 0 spiro atoms. The molecule has 2 N–H and O–H groups in total. The lowest BCUT2D eigenvalue weighted by atomic mass is 10.2. The van der Waals surface area contributed by atoms with Crippen LogP contribution in [-0.4, -0.2) is 38.8 Å². The maximum atomic E-state index is 11.3. The Morgan fingerprint density at radius 3 is 2.30 bits per heavy atom. The summed E-state index contributed by atoms with van der Waals surface area (Å²) in [6.45, 7) is 9.80. The highest BCUT2D eigenvalue weighted by atomic mass is 32.2. The van der Waals surface area contributed by atoms with Gasteiger partial charge in [-0.25, -0.2) is 9.97 Å². The molecule has 0 aliphatic heterocycles. The molecule has 0 bridgehead atoms. The van der Waals surface area contributed by atoms with Crippen LogP contribution in [0.25, 0.3) is 0 Å². The summed E-state index contributed by atoms with van der Waals surface area (Å²) in [6.07, 6.45) is 2.61. The van der Waals surface area contributed by atoms with E-state index in [2.05, 4.69) is 34.4 Å². The largest absolute Gasteiger partial charge is 0.370 e. The molecular formula is C14H26N4OS. The first-order valence-electron chi connectivity index (χ1n) is 7.13. The minimum absolute atomic E-state index is 0.196. The van der Waals surface area contributed by atoms with E-state index in [1.54, 1.807) is 6.26 Å². The standard InChI is InChI=1S/C14H26N4OS/c1-6-15-12-9-13(18-14(17-12)10(2)3)16-8-7-11(4)20(5)19/h9-11H,6-8H2,1-5H3,(H2,15,16,17,18). The van der Waals surface area contributed by atoms with Crippen molar-refractivity contribution in [3.05, 3.63) is 11.9 Å². The predicted octanol–water partition coefficient (Wildman–Crippen LogP) is 2.60. The van der Waals surface area contributed by atoms with Crippen molar-refractivity contribution in [2.75, 3.05) is 30.0 Å². The Labute approximate surface area is 124 Å². The minimum Gasteiger partial charge on any atom is -0.370 e. The van der Waals surface area contributed by atoms with Gasteiger partial charge in [0.1, 0.15) is 17.5 Å². The topological polar surface area (TPSA) is 66.9 Å². The van der Waals surface area contributed by atoms with E-state index in [-0.39, 0.29) is 11.2 Å². The maximum absolute atomic E-state index is 11.3. The number of nitrogens with zero attached hydrogens (tertiary/aromatic N) is 2. The second kappa shape index (κ2) is 8.19. The molecule has 0 amide bonds. The van der Waals surface area contributed by atoms with Crippen molar-refractivity contribution in [2.45, 2.75) is 45.3 Å². The molecule has 1 aromatic rings. The SMILES string of the molecule is CCNc1cc(NCCC(C)S(C)=O)nc(C(C)C)n1. The van der Waals surface area contributed by atoms with Gasteiger partial charge in [0, 0.05) is 47.4 Å². The van der Waals surface area contributed by atoms with Gasteiger partial charge in [-0.1, -0.05) is 20.8 Å². The second-order valence-corrected chi connectivity index (χ2v) is 7.01. The molecule has 0 saturated heterocycles. The zero-order chi connectivity index (χ0) is 15.1. The van der Waals surface area contributed by atoms with Crippen LogP contribution in [0.15, 0.2) is 6.07 Å². The quantitative estimate of drug-likeness (QED) is 0.772. The third kappa shape index (κ3) is 5.45. The Morgan fingerprint density at radius 1 is 1.20 bits per heavy atom. The zero-order valence-corrected chi connectivity index (χ0v) is 13.9. The highest BCUT2D eigenvalue weighted by Gasteiger charge is 2.09. The first kappa shape index (κ1) is 16.9. The Morgan fingerprint density at radius 2 is 1.80 bits per heavy atom. The molecule has 0 aliphatic carbocycles. The fraction of sp³-hybridized carbons (Fsp3) is 0.714. The number of hydrogen-bond donors (Lipinski definition) is 2. The van der Waals surface area contributed by atoms with E-state index in [1.165, 1.54) is 0 Å². The highest BCUT2D eigenvalue weighted by Crippen LogP contribution is 2.17. The minimum atomic E-state index is -0.772. The zero-order valence-electron chi connectivity index (χ0n) is 13.1. The van der Waals surface area contributed by atoms with Crippen LogP contribution >= 0.6 is 0 Å². The molecule has 0 saturated carbocycles. The van der Waals surface area contributed by atoms with Crippen LogP contribution in [0, 0.1) is 0 Å². The van der Waals surface area contributed by atoms with E-state index >= 15 is 0 Å². The van der Waals surface area contributed by atoms with Crippen LogP contribution in [0.3, 0.4) is 0 Å². The van der Waals surface area contributed by atoms with E-state index in [1.807, 2.05) is 19.9 Å². The van der Waals surface area contributed by atoms with E-state index in [0.717, 1.165) is 37.0 Å². The molecule has 1 aromatic heterocycles. The van der Waals surface area contributed by atoms with Gasteiger partial charge in [0.2, 0.25) is 0 Å². The van der Waals surface area contributed by atoms with Crippen LogP contribution in [0.2, 0.25) is 0 Å². The lowest BCUT2D eigenvalue weighted by molar-refractivity contribution is 0.672. The number of rotatable bonds is 8. The summed E-state index contributed by atoms with van der Waals surface area (Å²) in [5.74, 6) is 2.80. The average Bonchev–Trinajstić information content (AvgIpc) is 2.38. The first-order valence-corrected chi connectivity index (χ1v) is 8.75. The van der Waals surface area contributed by atoms with Gasteiger partial charge in [-0.05, 0) is 13.3 Å². The average molecular weight is 298 g/mol. The van der Waals surface area contributed by atoms with Crippen LogP contribution in [-0.2, 0) is 10.8 Å². The summed E-state index contributed by atoms with van der Waals surface area (Å²) in [6, 6.07) is 1.92. The van der Waals surface area contributed by atoms with Crippen molar-refractivity contribution >= 4 is 22.4 Å². The molecule has 5 nitrogen and oxygen atoms in total. The summed E-state index contributed by atoms with van der Waals surface area (Å²) in [5, 5.41) is 6.72. The molecule has 0 fully saturated rings. The number of hydrogen-bond acceptors (Lipinski definition) is 5. The lowest BCUT2D eigenvalue weighted by Crippen LogP contribution is -2.16. The van der Waals surface area contributed by atoms with E-state index in [9.17, 15) is 4.21 Å². The number of nitrogens with one attached hydrogen (secondary N) is 2. The molecule has 0 radical (unpaired) electrons. The predicted molar refractivity (Wildman–Crippen MR) is 86.9 cm³/mol. The van der Waals surface area contributed by atoms with Crippen LogP contribution in [0.5, 0.6) is 0 Å². The molecule has 1 heterocycles. The molecule has 1 rings (SSSR count). The maximum Gasteiger partial charge on any atom is 0.135 e. The molecule has 114 valence electrons. The van der Waals surface area contributed by atoms with Crippen LogP contribution in [0.1, 0.15) is 45.9 Å². The van der Waals surface area contributed by atoms with Gasteiger partial charge in [-0.2, -0.15) is 0 Å². The molecule has 0 aliphatic rings. The summed E-state index contributed by atoms with van der Waals surface area (Å²) in [7, 11) is -0.772. The van der Waals surface area contributed by atoms with Gasteiger partial charge < -0.3 is 10.6 Å². The Bertz CT molecular complexity index is 451. The summed E-state index contributed by atoms with van der Waals surface area (Å²) in [5.41, 5.74) is 0. The van der Waals surface area contributed by atoms with Crippen molar-refractivity contribution in [3.63, 3.8) is 0 Å². The van der Waals surface area contributed by atoms with Gasteiger partial charge in [0.15, 0.2) is 0 Å². The van der Waals surface area contributed by atoms with Crippen molar-refractivity contribution in [3.8, 4) is 0 Å². The molecule has 2 atom stereocenters. The first-order chi connectivity index (χ1) is 9.43. The van der Waals surface area contributed by atoms with Crippen molar-refractivity contribution in [1.29, 1.82) is 0 Å². The highest BCUT2D eigenvalue weighted by molar-refractivity contribution is 7.84. The number of aromatic nitrogens is 2. The summed E-state index contributed by atoms with van der Waals surface area (Å²) in [4.78, 5) is 9.00. The lowest BCUT2D eigenvalue weighted by Gasteiger charge is -2.13.